The Kier molecular flexibility index (Phi) is 8.53. The average molecular weight is 500 g/mol. The van der Waals surface area contributed by atoms with Gasteiger partial charge < -0.3 is 14.1 Å². The molecule has 34 heavy (non-hydrogen) atoms. The first kappa shape index (κ1) is 26.4. The van der Waals surface area contributed by atoms with Gasteiger partial charge in [0.15, 0.2) is 5.70 Å². The summed E-state index contributed by atoms with van der Waals surface area (Å²) in [5, 5.41) is 0.664. The Balaban J connectivity index is 2.04. The Hall–Kier alpha value is -2.24. The van der Waals surface area contributed by atoms with Crippen molar-refractivity contribution in [1.29, 1.82) is 0 Å². The van der Waals surface area contributed by atoms with Crippen LogP contribution in [0.15, 0.2) is 66.1 Å². The van der Waals surface area contributed by atoms with Gasteiger partial charge in [-0.3, -0.25) is 0 Å². The standard InChI is InChI=1S/C28H38ClNO3Si/c1-8-25-27(33-34(19(2)3,20(4)5)21(6)7)26(30(25)24-16-14-23(29)15-17-24)28(31)32-18-22-12-10-9-11-13-22/h9-17,19-21,25H,8,18H2,1-7H3/t25-/m0/s1. The summed E-state index contributed by atoms with van der Waals surface area (Å²) in [6.07, 6.45) is 0.826. The number of ether oxygens (including phenoxy) is 1. The van der Waals surface area contributed by atoms with Gasteiger partial charge in [0, 0.05) is 10.7 Å². The molecule has 0 aromatic heterocycles. The minimum absolute atomic E-state index is 0.0106. The van der Waals surface area contributed by atoms with E-state index in [0.29, 0.717) is 27.3 Å². The Morgan fingerprint density at radius 2 is 1.50 bits per heavy atom. The number of carbonyl (C=O) groups is 1. The lowest BCUT2D eigenvalue weighted by atomic mass is 9.98. The van der Waals surface area contributed by atoms with Gasteiger partial charge in [0.25, 0.3) is 8.32 Å². The summed E-state index contributed by atoms with van der Waals surface area (Å²) in [6, 6.07) is 17.4. The maximum absolute atomic E-state index is 13.5. The van der Waals surface area contributed by atoms with Crippen LogP contribution >= 0.6 is 11.6 Å². The third kappa shape index (κ3) is 5.06. The predicted molar refractivity (Wildman–Crippen MR) is 143 cm³/mol. The van der Waals surface area contributed by atoms with Crippen molar-refractivity contribution >= 4 is 31.6 Å². The summed E-state index contributed by atoms with van der Waals surface area (Å²) >= 11 is 6.14. The highest BCUT2D eigenvalue weighted by Gasteiger charge is 2.52. The van der Waals surface area contributed by atoms with Crippen LogP contribution in [0.25, 0.3) is 0 Å². The molecule has 0 N–H and O–H groups in total. The largest absolute Gasteiger partial charge is 0.543 e. The van der Waals surface area contributed by atoms with Crippen LogP contribution in [0.4, 0.5) is 5.69 Å². The first-order valence-electron chi connectivity index (χ1n) is 12.3. The molecule has 184 valence electrons. The van der Waals surface area contributed by atoms with Crippen LogP contribution in [-0.2, 0) is 20.6 Å². The highest BCUT2D eigenvalue weighted by molar-refractivity contribution is 6.78. The summed E-state index contributed by atoms with van der Waals surface area (Å²) < 4.78 is 12.9. The highest BCUT2D eigenvalue weighted by atomic mass is 35.5. The SMILES string of the molecule is CC[C@H]1C(O[Si](C(C)C)(C(C)C)C(C)C)=C(C(=O)OCc2ccccc2)N1c1ccc(Cl)cc1. The second kappa shape index (κ2) is 11.0. The molecule has 1 heterocycles. The Bertz CT molecular complexity index is 980. The molecule has 2 aromatic rings. The number of carbonyl (C=O) groups excluding carboxylic acids is 1. The molecule has 0 radical (unpaired) electrons. The summed E-state index contributed by atoms with van der Waals surface area (Å²) in [7, 11) is -2.25. The van der Waals surface area contributed by atoms with E-state index in [-0.39, 0.29) is 18.6 Å². The topological polar surface area (TPSA) is 38.8 Å². The normalized spacial score (nSPS) is 16.3. The Morgan fingerprint density at radius 3 is 2.00 bits per heavy atom. The zero-order valence-corrected chi connectivity index (χ0v) is 23.2. The third-order valence-electron chi connectivity index (χ3n) is 6.98. The van der Waals surface area contributed by atoms with Crippen molar-refractivity contribution in [2.45, 2.75) is 84.2 Å². The summed E-state index contributed by atoms with van der Waals surface area (Å²) in [6.45, 7) is 15.9. The smallest absolute Gasteiger partial charge is 0.358 e. The summed E-state index contributed by atoms with van der Waals surface area (Å²) in [5.41, 5.74) is 3.61. The Morgan fingerprint density at radius 1 is 0.941 bits per heavy atom. The number of rotatable bonds is 10. The van der Waals surface area contributed by atoms with E-state index in [2.05, 4.69) is 53.4 Å². The van der Waals surface area contributed by atoms with Gasteiger partial charge in [-0.05, 0) is 52.9 Å². The molecule has 4 nitrogen and oxygen atoms in total. The molecule has 2 aromatic carbocycles. The average Bonchev–Trinajstić information content (AvgIpc) is 2.78. The fourth-order valence-electron chi connectivity index (χ4n) is 5.41. The van der Waals surface area contributed by atoms with Crippen LogP contribution in [0.1, 0.15) is 60.5 Å². The zero-order valence-electron chi connectivity index (χ0n) is 21.5. The molecule has 0 fully saturated rings. The lowest BCUT2D eigenvalue weighted by Crippen LogP contribution is -2.56. The van der Waals surface area contributed by atoms with Crippen LogP contribution in [0, 0.1) is 0 Å². The van der Waals surface area contributed by atoms with E-state index >= 15 is 0 Å². The molecule has 3 rings (SSSR count). The van der Waals surface area contributed by atoms with E-state index in [4.69, 9.17) is 20.8 Å². The number of halogens is 1. The number of esters is 1. The maximum Gasteiger partial charge on any atom is 0.358 e. The number of benzene rings is 2. The maximum atomic E-state index is 13.5. The molecule has 0 bridgehead atoms. The molecule has 0 saturated carbocycles. The van der Waals surface area contributed by atoms with Crippen LogP contribution in [0.5, 0.6) is 0 Å². The summed E-state index contributed by atoms with van der Waals surface area (Å²) in [5.74, 6) is 0.441. The van der Waals surface area contributed by atoms with Crippen molar-refractivity contribution in [2.24, 2.45) is 0 Å². The molecule has 6 heteroatoms. The van der Waals surface area contributed by atoms with Crippen molar-refractivity contribution in [1.82, 2.24) is 0 Å². The molecular weight excluding hydrogens is 462 g/mol. The van der Waals surface area contributed by atoms with Crippen LogP contribution in [-0.4, -0.2) is 20.3 Å². The van der Waals surface area contributed by atoms with E-state index in [1.165, 1.54) is 0 Å². The first-order chi connectivity index (χ1) is 16.1. The van der Waals surface area contributed by atoms with Gasteiger partial charge in [-0.25, -0.2) is 4.79 Å². The molecule has 0 unspecified atom stereocenters. The van der Waals surface area contributed by atoms with Gasteiger partial charge in [-0.1, -0.05) is 90.4 Å². The van der Waals surface area contributed by atoms with E-state index in [1.807, 2.05) is 54.6 Å². The molecule has 1 aliphatic heterocycles. The fourth-order valence-corrected chi connectivity index (χ4v) is 10.9. The molecular formula is C28H38ClNO3Si. The lowest BCUT2D eigenvalue weighted by molar-refractivity contribution is -0.141. The van der Waals surface area contributed by atoms with Crippen molar-refractivity contribution in [3.8, 4) is 0 Å². The second-order valence-electron chi connectivity index (χ2n) is 9.96. The predicted octanol–water partition coefficient (Wildman–Crippen LogP) is 8.09. The molecule has 0 saturated heterocycles. The van der Waals surface area contributed by atoms with Gasteiger partial charge in [0.1, 0.15) is 12.4 Å². The zero-order chi connectivity index (χ0) is 25.0. The Labute approximate surface area is 211 Å². The van der Waals surface area contributed by atoms with E-state index in [0.717, 1.165) is 23.4 Å². The van der Waals surface area contributed by atoms with Crippen LogP contribution < -0.4 is 4.90 Å². The number of anilines is 1. The van der Waals surface area contributed by atoms with Crippen LogP contribution in [0.3, 0.4) is 0 Å². The first-order valence-corrected chi connectivity index (χ1v) is 14.8. The minimum atomic E-state index is -2.25. The lowest BCUT2D eigenvalue weighted by Gasteiger charge is -2.51. The number of hydrogen-bond donors (Lipinski definition) is 0. The highest BCUT2D eigenvalue weighted by Crippen LogP contribution is 2.48. The monoisotopic (exact) mass is 499 g/mol. The number of hydrogen-bond acceptors (Lipinski definition) is 4. The quantitative estimate of drug-likeness (QED) is 0.244. The second-order valence-corrected chi connectivity index (χ2v) is 15.8. The summed E-state index contributed by atoms with van der Waals surface area (Å²) in [4.78, 5) is 15.6. The van der Waals surface area contributed by atoms with Gasteiger partial charge >= 0.3 is 5.97 Å². The van der Waals surface area contributed by atoms with E-state index in [9.17, 15) is 4.79 Å². The van der Waals surface area contributed by atoms with Gasteiger partial charge in [0.2, 0.25) is 0 Å². The third-order valence-corrected chi connectivity index (χ3v) is 13.2. The van der Waals surface area contributed by atoms with Crippen molar-refractivity contribution in [3.63, 3.8) is 0 Å². The van der Waals surface area contributed by atoms with E-state index < -0.39 is 8.32 Å². The van der Waals surface area contributed by atoms with Gasteiger partial charge in [-0.15, -0.1) is 0 Å². The molecule has 1 atom stereocenters. The van der Waals surface area contributed by atoms with Crippen molar-refractivity contribution in [2.75, 3.05) is 4.90 Å². The molecule has 1 aliphatic rings. The minimum Gasteiger partial charge on any atom is -0.543 e. The van der Waals surface area contributed by atoms with Crippen molar-refractivity contribution < 1.29 is 14.0 Å². The van der Waals surface area contributed by atoms with Gasteiger partial charge in [-0.2, -0.15) is 0 Å². The molecule has 0 spiro atoms. The van der Waals surface area contributed by atoms with Crippen LogP contribution in [0.2, 0.25) is 21.6 Å². The fraction of sp³-hybridized carbons (Fsp3) is 0.464. The number of nitrogens with zero attached hydrogens (tertiary/aromatic N) is 1. The molecule has 0 aliphatic carbocycles. The molecule has 0 amide bonds. The van der Waals surface area contributed by atoms with Crippen molar-refractivity contribution in [3.05, 3.63) is 76.6 Å². The van der Waals surface area contributed by atoms with E-state index in [1.54, 1.807) is 0 Å². The van der Waals surface area contributed by atoms with Gasteiger partial charge in [0.05, 0.1) is 6.04 Å².